The van der Waals surface area contributed by atoms with E-state index in [4.69, 9.17) is 0 Å². The van der Waals surface area contributed by atoms with Crippen LogP contribution < -0.4 is 5.32 Å². The summed E-state index contributed by atoms with van der Waals surface area (Å²) in [7, 11) is 1.18. The normalized spacial score (nSPS) is 9.59. The molecule has 1 N–H and O–H groups in total. The second kappa shape index (κ2) is 7.22. The van der Waals surface area contributed by atoms with Crippen molar-refractivity contribution in [3.8, 4) is 6.07 Å². The molecule has 7 heteroatoms. The minimum absolute atomic E-state index is 0.000187. The zero-order valence-corrected chi connectivity index (χ0v) is 12.8. The monoisotopic (exact) mass is 304 g/mol. The third-order valence-corrected chi connectivity index (χ3v) is 3.06. The quantitative estimate of drug-likeness (QED) is 0.669. The van der Waals surface area contributed by atoms with E-state index in [1.165, 1.54) is 13.2 Å². The number of amides is 1. The van der Waals surface area contributed by atoms with Gasteiger partial charge in [0, 0.05) is 0 Å². The van der Waals surface area contributed by atoms with Gasteiger partial charge in [0.1, 0.15) is 6.07 Å². The van der Waals surface area contributed by atoms with Gasteiger partial charge in [-0.3, -0.25) is 4.79 Å². The molecule has 0 bridgehead atoms. The molecule has 1 rings (SSSR count). The van der Waals surface area contributed by atoms with Gasteiger partial charge in [0.15, 0.2) is 0 Å². The predicted molar refractivity (Wildman–Crippen MR) is 77.2 cm³/mol. The van der Waals surface area contributed by atoms with Crippen LogP contribution in [0, 0.1) is 25.2 Å². The molecule has 0 aliphatic carbocycles. The van der Waals surface area contributed by atoms with Gasteiger partial charge in [-0.25, -0.2) is 9.59 Å². The van der Waals surface area contributed by atoms with E-state index in [1.807, 2.05) is 6.07 Å². The highest BCUT2D eigenvalue weighted by Crippen LogP contribution is 2.27. The number of nitrogens with zero attached hydrogens (tertiary/aromatic N) is 1. The molecule has 0 unspecified atom stereocenters. The van der Waals surface area contributed by atoms with E-state index in [0.29, 0.717) is 11.1 Å². The third-order valence-electron chi connectivity index (χ3n) is 3.06. The zero-order valence-electron chi connectivity index (χ0n) is 12.8. The van der Waals surface area contributed by atoms with Crippen molar-refractivity contribution in [1.82, 2.24) is 0 Å². The topological polar surface area (TPSA) is 105 Å². The summed E-state index contributed by atoms with van der Waals surface area (Å²) in [5.74, 6) is -2.88. The lowest BCUT2D eigenvalue weighted by molar-refractivity contribution is -0.152. The first-order chi connectivity index (χ1) is 10.4. The molecule has 0 aliphatic heterocycles. The summed E-state index contributed by atoms with van der Waals surface area (Å²) in [6.45, 7) is 4.99. The highest BCUT2D eigenvalue weighted by atomic mass is 16.5. The Labute approximate surface area is 127 Å². The van der Waals surface area contributed by atoms with Gasteiger partial charge in [-0.2, -0.15) is 5.26 Å². The van der Waals surface area contributed by atoms with Crippen LogP contribution in [0.1, 0.15) is 34.0 Å². The van der Waals surface area contributed by atoms with Crippen LogP contribution in [0.3, 0.4) is 0 Å². The Morgan fingerprint density at radius 1 is 1.32 bits per heavy atom. The highest BCUT2D eigenvalue weighted by Gasteiger charge is 2.24. The Kier molecular flexibility index (Phi) is 5.64. The molecule has 116 valence electrons. The molecule has 0 radical (unpaired) electrons. The van der Waals surface area contributed by atoms with Crippen LogP contribution in [0.2, 0.25) is 0 Å². The first kappa shape index (κ1) is 17.2. The number of carbonyl (C=O) groups is 3. The molecular weight excluding hydrogens is 288 g/mol. The molecule has 0 fully saturated rings. The number of nitrogens with one attached hydrogen (secondary N) is 1. The first-order valence-electron chi connectivity index (χ1n) is 6.48. The lowest BCUT2D eigenvalue weighted by atomic mass is 9.97. The average molecular weight is 304 g/mol. The highest BCUT2D eigenvalue weighted by molar-refractivity contribution is 6.37. The van der Waals surface area contributed by atoms with Crippen molar-refractivity contribution < 1.29 is 23.9 Å². The molecule has 0 aliphatic rings. The van der Waals surface area contributed by atoms with Crippen molar-refractivity contribution in [2.45, 2.75) is 20.8 Å². The summed E-state index contributed by atoms with van der Waals surface area (Å²) in [6, 6.07) is 3.41. The van der Waals surface area contributed by atoms with Gasteiger partial charge >= 0.3 is 17.8 Å². The number of carbonyl (C=O) groups excluding carboxylic acids is 3. The maximum absolute atomic E-state index is 11.8. The van der Waals surface area contributed by atoms with Gasteiger partial charge in [0.2, 0.25) is 0 Å². The smallest absolute Gasteiger partial charge is 0.397 e. The van der Waals surface area contributed by atoms with Crippen LogP contribution in [-0.4, -0.2) is 31.6 Å². The van der Waals surface area contributed by atoms with E-state index < -0.39 is 17.8 Å². The summed E-state index contributed by atoms with van der Waals surface area (Å²) in [6.07, 6.45) is 0. The number of esters is 2. The molecule has 0 saturated carbocycles. The lowest BCUT2D eigenvalue weighted by Gasteiger charge is -2.14. The van der Waals surface area contributed by atoms with E-state index in [-0.39, 0.29) is 23.4 Å². The van der Waals surface area contributed by atoms with E-state index >= 15 is 0 Å². The zero-order chi connectivity index (χ0) is 16.9. The number of aryl methyl sites for hydroxylation is 1. The molecular formula is C15H16N2O5. The van der Waals surface area contributed by atoms with Crippen molar-refractivity contribution in [2.24, 2.45) is 0 Å². The van der Waals surface area contributed by atoms with Crippen molar-refractivity contribution in [3.63, 3.8) is 0 Å². The third kappa shape index (κ3) is 3.41. The van der Waals surface area contributed by atoms with Crippen LogP contribution in [0.15, 0.2) is 6.07 Å². The fourth-order valence-corrected chi connectivity index (χ4v) is 1.82. The number of hydrogen-bond donors (Lipinski definition) is 1. The fraction of sp³-hybridized carbons (Fsp3) is 0.333. The van der Waals surface area contributed by atoms with Gasteiger partial charge in [-0.05, 0) is 38.0 Å². The molecule has 1 aromatic rings. The fourth-order valence-electron chi connectivity index (χ4n) is 1.82. The molecule has 1 aromatic carbocycles. The van der Waals surface area contributed by atoms with Gasteiger partial charge in [-0.15, -0.1) is 0 Å². The maximum atomic E-state index is 11.8. The van der Waals surface area contributed by atoms with Crippen LogP contribution in [0.25, 0.3) is 0 Å². The predicted octanol–water partition coefficient (Wildman–Crippen LogP) is 1.46. The largest absolute Gasteiger partial charge is 0.465 e. The molecule has 0 atom stereocenters. The number of rotatable bonds is 3. The van der Waals surface area contributed by atoms with E-state index in [1.54, 1.807) is 20.8 Å². The SMILES string of the molecule is CCOC(=O)C(=O)Nc1c(C(=O)OC)cc(C)c(C)c1C#N. The maximum Gasteiger partial charge on any atom is 0.397 e. The molecule has 0 aromatic heterocycles. The summed E-state index contributed by atoms with van der Waals surface area (Å²) >= 11 is 0. The standard InChI is InChI=1S/C15H16N2O5/c1-5-22-15(20)13(18)17-12-10(14(19)21-4)6-8(2)9(3)11(12)7-16/h6H,5H2,1-4H3,(H,17,18). The Hall–Kier alpha value is -2.88. The summed E-state index contributed by atoms with van der Waals surface area (Å²) < 4.78 is 9.22. The lowest BCUT2D eigenvalue weighted by Crippen LogP contribution is -2.27. The number of benzene rings is 1. The number of methoxy groups -OCH3 is 1. The van der Waals surface area contributed by atoms with Gasteiger partial charge in [0.05, 0.1) is 30.5 Å². The Bertz CT molecular complexity index is 673. The Balaban J connectivity index is 3.40. The summed E-state index contributed by atoms with van der Waals surface area (Å²) in [5, 5.41) is 11.5. The minimum atomic E-state index is -1.10. The number of anilines is 1. The second-order valence-corrected chi connectivity index (χ2v) is 4.39. The van der Waals surface area contributed by atoms with Crippen molar-refractivity contribution in [3.05, 3.63) is 28.3 Å². The van der Waals surface area contributed by atoms with E-state index in [9.17, 15) is 19.6 Å². The number of ether oxygens (including phenoxy) is 2. The first-order valence-corrected chi connectivity index (χ1v) is 6.48. The minimum Gasteiger partial charge on any atom is -0.465 e. The molecule has 1 amide bonds. The second-order valence-electron chi connectivity index (χ2n) is 4.39. The van der Waals surface area contributed by atoms with Crippen molar-refractivity contribution in [1.29, 1.82) is 5.26 Å². The van der Waals surface area contributed by atoms with Crippen LogP contribution in [0.4, 0.5) is 5.69 Å². The summed E-state index contributed by atoms with van der Waals surface area (Å²) in [4.78, 5) is 35.0. The van der Waals surface area contributed by atoms with Gasteiger partial charge in [0.25, 0.3) is 0 Å². The van der Waals surface area contributed by atoms with Crippen LogP contribution >= 0.6 is 0 Å². The van der Waals surface area contributed by atoms with Gasteiger partial charge in [-0.1, -0.05) is 0 Å². The van der Waals surface area contributed by atoms with Crippen LogP contribution in [-0.2, 0) is 19.1 Å². The Morgan fingerprint density at radius 2 is 1.95 bits per heavy atom. The molecule has 0 heterocycles. The number of hydrogen-bond acceptors (Lipinski definition) is 6. The molecule has 22 heavy (non-hydrogen) atoms. The summed E-state index contributed by atoms with van der Waals surface area (Å²) in [5.41, 5.74) is 1.31. The van der Waals surface area contributed by atoms with Crippen molar-refractivity contribution in [2.75, 3.05) is 19.0 Å². The van der Waals surface area contributed by atoms with E-state index in [0.717, 1.165) is 0 Å². The van der Waals surface area contributed by atoms with Crippen LogP contribution in [0.5, 0.6) is 0 Å². The number of nitriles is 1. The molecule has 0 saturated heterocycles. The van der Waals surface area contributed by atoms with Gasteiger partial charge < -0.3 is 14.8 Å². The average Bonchev–Trinajstić information content (AvgIpc) is 2.50. The van der Waals surface area contributed by atoms with Crippen molar-refractivity contribution >= 4 is 23.5 Å². The molecule has 7 nitrogen and oxygen atoms in total. The molecule has 0 spiro atoms. The van der Waals surface area contributed by atoms with E-state index in [2.05, 4.69) is 14.8 Å². The Morgan fingerprint density at radius 3 is 2.45 bits per heavy atom.